The summed E-state index contributed by atoms with van der Waals surface area (Å²) in [5, 5.41) is 12.2. The summed E-state index contributed by atoms with van der Waals surface area (Å²) < 4.78 is 0. The van der Waals surface area contributed by atoms with E-state index in [4.69, 9.17) is 10.1 Å². The number of carbonyl (C=O) groups is 1. The van der Waals surface area contributed by atoms with Crippen molar-refractivity contribution in [3.8, 4) is 0 Å². The molecule has 0 spiro atoms. The van der Waals surface area contributed by atoms with Gasteiger partial charge in [-0.05, 0) is 37.3 Å². The molecule has 1 unspecified atom stereocenters. The number of hydrogen-bond donors (Lipinski definition) is 1. The number of likely N-dealkylation sites (tertiary alicyclic amines) is 1. The Morgan fingerprint density at radius 1 is 1.33 bits per heavy atom. The van der Waals surface area contributed by atoms with Crippen LogP contribution in [0.3, 0.4) is 0 Å². The molecule has 1 aliphatic rings. The van der Waals surface area contributed by atoms with Gasteiger partial charge in [-0.2, -0.15) is 0 Å². The van der Waals surface area contributed by atoms with Crippen LogP contribution in [0.4, 0.5) is 0 Å². The maximum Gasteiger partial charge on any atom is 0.303 e. The minimum absolute atomic E-state index is 0.288. The zero-order valence-electron chi connectivity index (χ0n) is 13.9. The van der Waals surface area contributed by atoms with Crippen LogP contribution < -0.4 is 0 Å². The molecule has 1 N–H and O–H groups in total. The van der Waals surface area contributed by atoms with Crippen LogP contribution in [0.5, 0.6) is 0 Å². The van der Waals surface area contributed by atoms with Gasteiger partial charge in [-0.3, -0.25) is 9.69 Å². The fourth-order valence-corrected chi connectivity index (χ4v) is 4.18. The van der Waals surface area contributed by atoms with E-state index in [9.17, 15) is 4.79 Å². The van der Waals surface area contributed by atoms with Crippen LogP contribution in [0.25, 0.3) is 0 Å². The largest absolute Gasteiger partial charge is 0.481 e. The topological polar surface area (TPSA) is 53.4 Å². The van der Waals surface area contributed by atoms with Crippen molar-refractivity contribution in [2.45, 2.75) is 38.6 Å². The van der Waals surface area contributed by atoms with Crippen molar-refractivity contribution >= 4 is 17.3 Å². The second-order valence-corrected chi connectivity index (χ2v) is 7.51. The Balaban J connectivity index is 1.51. The molecule has 5 heteroatoms. The molecule has 1 fully saturated rings. The van der Waals surface area contributed by atoms with Crippen LogP contribution in [0, 0.1) is 5.92 Å². The zero-order chi connectivity index (χ0) is 16.8. The zero-order valence-corrected chi connectivity index (χ0v) is 14.7. The Morgan fingerprint density at radius 2 is 2.17 bits per heavy atom. The number of carboxylic acids is 1. The van der Waals surface area contributed by atoms with Gasteiger partial charge in [-0.25, -0.2) is 4.98 Å². The summed E-state index contributed by atoms with van der Waals surface area (Å²) in [6, 6.07) is 10.4. The fraction of sp³-hybridized carbons (Fsp3) is 0.474. The Labute approximate surface area is 147 Å². The Morgan fingerprint density at radius 3 is 2.96 bits per heavy atom. The van der Waals surface area contributed by atoms with E-state index in [1.165, 1.54) is 5.56 Å². The van der Waals surface area contributed by atoms with E-state index in [1.54, 1.807) is 11.3 Å². The lowest BCUT2D eigenvalue weighted by atomic mass is 9.93. The fourth-order valence-electron chi connectivity index (χ4n) is 3.36. The second-order valence-electron chi connectivity index (χ2n) is 6.57. The number of thiazole rings is 1. The summed E-state index contributed by atoms with van der Waals surface area (Å²) in [5.74, 6) is -0.172. The Bertz CT molecular complexity index is 656. The number of benzene rings is 1. The van der Waals surface area contributed by atoms with Crippen LogP contribution in [-0.4, -0.2) is 34.0 Å². The van der Waals surface area contributed by atoms with Crippen LogP contribution in [-0.2, 0) is 17.8 Å². The predicted octanol–water partition coefficient (Wildman–Crippen LogP) is 3.81. The lowest BCUT2D eigenvalue weighted by molar-refractivity contribution is -0.137. The summed E-state index contributed by atoms with van der Waals surface area (Å²) in [6.07, 6.45) is 4.29. The Kier molecular flexibility index (Phi) is 5.99. The van der Waals surface area contributed by atoms with Crippen molar-refractivity contribution in [3.63, 3.8) is 0 Å². The average Bonchev–Trinajstić information content (AvgIpc) is 3.01. The molecule has 1 aromatic carbocycles. The number of piperidine rings is 1. The van der Waals surface area contributed by atoms with Crippen molar-refractivity contribution < 1.29 is 9.90 Å². The molecule has 24 heavy (non-hydrogen) atoms. The summed E-state index contributed by atoms with van der Waals surface area (Å²) in [7, 11) is 0. The number of carboxylic acid groups (broad SMARTS) is 1. The molecule has 0 aliphatic carbocycles. The van der Waals surface area contributed by atoms with Gasteiger partial charge in [-0.15, -0.1) is 11.3 Å². The van der Waals surface area contributed by atoms with Gasteiger partial charge in [0.1, 0.15) is 0 Å². The lowest BCUT2D eigenvalue weighted by Gasteiger charge is -2.32. The molecule has 0 saturated carbocycles. The molecular formula is C19H24N2O2S. The van der Waals surface area contributed by atoms with Crippen molar-refractivity contribution in [2.75, 3.05) is 13.1 Å². The molecule has 0 radical (unpaired) electrons. The maximum atomic E-state index is 10.7. The Hall–Kier alpha value is -1.72. The molecular weight excluding hydrogens is 320 g/mol. The smallest absolute Gasteiger partial charge is 0.303 e. The van der Waals surface area contributed by atoms with E-state index in [1.807, 2.05) is 6.07 Å². The molecule has 4 nitrogen and oxygen atoms in total. The SMILES string of the molecule is O=C(O)CCC1CCCN(Cc2csc(Cc3ccccc3)n2)C1. The molecule has 128 valence electrons. The van der Waals surface area contributed by atoms with E-state index in [0.29, 0.717) is 5.92 Å². The molecule has 2 aromatic rings. The third-order valence-corrected chi connectivity index (χ3v) is 5.45. The van der Waals surface area contributed by atoms with Gasteiger partial charge in [-0.1, -0.05) is 30.3 Å². The molecule has 1 aromatic heterocycles. The van der Waals surface area contributed by atoms with Gasteiger partial charge in [0.15, 0.2) is 0 Å². The number of hydrogen-bond acceptors (Lipinski definition) is 4. The highest BCUT2D eigenvalue weighted by atomic mass is 32.1. The van der Waals surface area contributed by atoms with E-state index in [-0.39, 0.29) is 6.42 Å². The van der Waals surface area contributed by atoms with E-state index >= 15 is 0 Å². The maximum absolute atomic E-state index is 10.7. The van der Waals surface area contributed by atoms with E-state index in [2.05, 4.69) is 34.5 Å². The number of aromatic nitrogens is 1. The molecule has 1 atom stereocenters. The van der Waals surface area contributed by atoms with Gasteiger partial charge >= 0.3 is 5.97 Å². The summed E-state index contributed by atoms with van der Waals surface area (Å²) >= 11 is 1.73. The summed E-state index contributed by atoms with van der Waals surface area (Å²) in [4.78, 5) is 18.0. The normalized spacial score (nSPS) is 18.6. The van der Waals surface area contributed by atoms with Crippen molar-refractivity contribution in [1.82, 2.24) is 9.88 Å². The van der Waals surface area contributed by atoms with Crippen LogP contribution in [0.15, 0.2) is 35.7 Å². The highest BCUT2D eigenvalue weighted by molar-refractivity contribution is 7.09. The number of nitrogens with zero attached hydrogens (tertiary/aromatic N) is 2. The van der Waals surface area contributed by atoms with Gasteiger partial charge in [0.2, 0.25) is 0 Å². The third-order valence-electron chi connectivity index (χ3n) is 4.55. The first kappa shape index (κ1) is 17.1. The summed E-state index contributed by atoms with van der Waals surface area (Å²) in [6.45, 7) is 2.98. The van der Waals surface area contributed by atoms with Crippen LogP contribution in [0.1, 0.15) is 41.9 Å². The highest BCUT2D eigenvalue weighted by Crippen LogP contribution is 2.23. The molecule has 0 amide bonds. The highest BCUT2D eigenvalue weighted by Gasteiger charge is 2.21. The second kappa shape index (κ2) is 8.40. The van der Waals surface area contributed by atoms with Crippen molar-refractivity contribution in [2.24, 2.45) is 5.92 Å². The van der Waals surface area contributed by atoms with Gasteiger partial charge in [0, 0.05) is 31.3 Å². The van der Waals surface area contributed by atoms with Crippen LogP contribution >= 0.6 is 11.3 Å². The monoisotopic (exact) mass is 344 g/mol. The number of aliphatic carboxylic acids is 1. The third kappa shape index (κ3) is 5.14. The first-order valence-electron chi connectivity index (χ1n) is 8.60. The van der Waals surface area contributed by atoms with Crippen LogP contribution in [0.2, 0.25) is 0 Å². The quantitative estimate of drug-likeness (QED) is 0.830. The number of rotatable bonds is 7. The molecule has 0 bridgehead atoms. The first-order valence-corrected chi connectivity index (χ1v) is 9.48. The first-order chi connectivity index (χ1) is 11.7. The van der Waals surface area contributed by atoms with Crippen molar-refractivity contribution in [1.29, 1.82) is 0 Å². The molecule has 2 heterocycles. The predicted molar refractivity (Wildman–Crippen MR) is 96.2 cm³/mol. The van der Waals surface area contributed by atoms with Gasteiger partial charge < -0.3 is 5.11 Å². The minimum Gasteiger partial charge on any atom is -0.481 e. The van der Waals surface area contributed by atoms with Crippen molar-refractivity contribution in [3.05, 3.63) is 52.0 Å². The average molecular weight is 344 g/mol. The van der Waals surface area contributed by atoms with Gasteiger partial charge in [0.05, 0.1) is 10.7 Å². The lowest BCUT2D eigenvalue weighted by Crippen LogP contribution is -2.35. The van der Waals surface area contributed by atoms with Gasteiger partial charge in [0.25, 0.3) is 0 Å². The van der Waals surface area contributed by atoms with E-state index < -0.39 is 5.97 Å². The minimum atomic E-state index is -0.683. The molecule has 3 rings (SSSR count). The molecule has 1 saturated heterocycles. The molecule has 1 aliphatic heterocycles. The van der Waals surface area contributed by atoms with E-state index in [0.717, 1.165) is 56.0 Å². The standard InChI is InChI=1S/C19H24N2O2S/c22-19(23)9-8-16-7-4-10-21(12-16)13-17-14-24-18(20-17)11-15-5-2-1-3-6-15/h1-3,5-6,14,16H,4,7-13H2,(H,22,23). The summed E-state index contributed by atoms with van der Waals surface area (Å²) in [5.41, 5.74) is 2.44.